The Morgan fingerprint density at radius 2 is 1.62 bits per heavy atom. The summed E-state index contributed by atoms with van der Waals surface area (Å²) in [5.74, 6) is 0. The van der Waals surface area contributed by atoms with E-state index in [9.17, 15) is 0 Å². The van der Waals surface area contributed by atoms with Gasteiger partial charge in [-0.05, 0) is 44.2 Å². The summed E-state index contributed by atoms with van der Waals surface area (Å²) in [6.07, 6.45) is 0. The number of nitrogen functional groups attached to an aromatic ring is 1. The first-order valence-corrected chi connectivity index (χ1v) is 5.88. The van der Waals surface area contributed by atoms with Crippen LogP contribution in [0, 0.1) is 13.8 Å². The van der Waals surface area contributed by atoms with Crippen molar-refractivity contribution >= 4 is 11.4 Å². The first-order chi connectivity index (χ1) is 7.58. The van der Waals surface area contributed by atoms with Crippen LogP contribution >= 0.6 is 0 Å². The van der Waals surface area contributed by atoms with Crippen molar-refractivity contribution in [3.05, 3.63) is 23.3 Å². The molecule has 1 heterocycles. The quantitative estimate of drug-likeness (QED) is 0.729. The van der Waals surface area contributed by atoms with E-state index in [0.717, 1.165) is 31.9 Å². The second kappa shape index (κ2) is 4.34. The molecule has 0 atom stereocenters. The number of piperazine rings is 1. The summed E-state index contributed by atoms with van der Waals surface area (Å²) in [6, 6.07) is 4.30. The van der Waals surface area contributed by atoms with Gasteiger partial charge in [-0.15, -0.1) is 0 Å². The molecular weight excluding hydrogens is 198 g/mol. The topological polar surface area (TPSA) is 32.5 Å². The van der Waals surface area contributed by atoms with Crippen molar-refractivity contribution < 1.29 is 0 Å². The van der Waals surface area contributed by atoms with Gasteiger partial charge in [-0.2, -0.15) is 0 Å². The number of hydrogen-bond acceptors (Lipinski definition) is 3. The summed E-state index contributed by atoms with van der Waals surface area (Å²) in [6.45, 7) is 8.73. The largest absolute Gasteiger partial charge is 0.399 e. The molecule has 2 N–H and O–H groups in total. The summed E-state index contributed by atoms with van der Waals surface area (Å²) in [7, 11) is 2.18. The third-order valence-corrected chi connectivity index (χ3v) is 3.43. The molecule has 2 rings (SSSR count). The lowest BCUT2D eigenvalue weighted by Gasteiger charge is -2.35. The van der Waals surface area contributed by atoms with Crippen LogP contribution in [0.15, 0.2) is 12.1 Å². The van der Waals surface area contributed by atoms with Gasteiger partial charge in [0.2, 0.25) is 0 Å². The van der Waals surface area contributed by atoms with E-state index in [1.165, 1.54) is 16.8 Å². The minimum atomic E-state index is 0.898. The van der Waals surface area contributed by atoms with Gasteiger partial charge in [0.15, 0.2) is 0 Å². The number of aryl methyl sites for hydroxylation is 2. The fraction of sp³-hybridized carbons (Fsp3) is 0.538. The molecular formula is C13H21N3. The highest BCUT2D eigenvalue weighted by atomic mass is 15.2. The lowest BCUT2D eigenvalue weighted by atomic mass is 10.1. The lowest BCUT2D eigenvalue weighted by molar-refractivity contribution is 0.312. The maximum absolute atomic E-state index is 5.91. The van der Waals surface area contributed by atoms with Crippen LogP contribution in [-0.2, 0) is 0 Å². The Morgan fingerprint density at radius 1 is 1.00 bits per heavy atom. The second-order valence-electron chi connectivity index (χ2n) is 4.79. The van der Waals surface area contributed by atoms with Gasteiger partial charge >= 0.3 is 0 Å². The Balaban J connectivity index is 2.23. The molecule has 0 saturated carbocycles. The Bertz CT molecular complexity index is 379. The summed E-state index contributed by atoms with van der Waals surface area (Å²) in [4.78, 5) is 4.83. The fourth-order valence-corrected chi connectivity index (χ4v) is 2.21. The first kappa shape index (κ1) is 11.3. The normalized spacial score (nSPS) is 17.8. The van der Waals surface area contributed by atoms with Crippen molar-refractivity contribution in [3.63, 3.8) is 0 Å². The van der Waals surface area contributed by atoms with Crippen LogP contribution in [0.25, 0.3) is 0 Å². The van der Waals surface area contributed by atoms with Gasteiger partial charge in [0, 0.05) is 37.6 Å². The molecule has 3 nitrogen and oxygen atoms in total. The predicted octanol–water partition coefficient (Wildman–Crippen LogP) is 1.64. The molecule has 0 unspecified atom stereocenters. The van der Waals surface area contributed by atoms with Crippen molar-refractivity contribution in [1.29, 1.82) is 0 Å². The molecule has 1 aliphatic heterocycles. The minimum Gasteiger partial charge on any atom is -0.399 e. The third kappa shape index (κ3) is 2.14. The van der Waals surface area contributed by atoms with Gasteiger partial charge in [-0.25, -0.2) is 0 Å². The van der Waals surface area contributed by atoms with Crippen molar-refractivity contribution in [1.82, 2.24) is 4.90 Å². The Labute approximate surface area is 97.8 Å². The molecule has 3 heteroatoms. The molecule has 0 spiro atoms. The molecule has 0 aromatic heterocycles. The van der Waals surface area contributed by atoms with Crippen LogP contribution in [0.1, 0.15) is 11.1 Å². The van der Waals surface area contributed by atoms with E-state index in [1.807, 2.05) is 0 Å². The molecule has 0 amide bonds. The molecule has 0 radical (unpaired) electrons. The van der Waals surface area contributed by atoms with Crippen LogP contribution in [0.2, 0.25) is 0 Å². The zero-order valence-electron chi connectivity index (χ0n) is 10.5. The van der Waals surface area contributed by atoms with E-state index in [4.69, 9.17) is 5.73 Å². The highest BCUT2D eigenvalue weighted by Gasteiger charge is 2.16. The summed E-state index contributed by atoms with van der Waals surface area (Å²) < 4.78 is 0. The number of anilines is 2. The summed E-state index contributed by atoms with van der Waals surface area (Å²) >= 11 is 0. The van der Waals surface area contributed by atoms with Crippen LogP contribution < -0.4 is 10.6 Å². The average Bonchev–Trinajstić information content (AvgIpc) is 2.25. The second-order valence-corrected chi connectivity index (χ2v) is 4.79. The summed E-state index contributed by atoms with van der Waals surface area (Å²) in [5.41, 5.74) is 10.6. The molecule has 16 heavy (non-hydrogen) atoms. The smallest absolute Gasteiger partial charge is 0.0400 e. The monoisotopic (exact) mass is 219 g/mol. The van der Waals surface area contributed by atoms with Gasteiger partial charge < -0.3 is 15.5 Å². The molecule has 0 aliphatic carbocycles. The van der Waals surface area contributed by atoms with Gasteiger partial charge in [0.05, 0.1) is 0 Å². The van der Waals surface area contributed by atoms with Gasteiger partial charge in [0.1, 0.15) is 0 Å². The number of rotatable bonds is 1. The van der Waals surface area contributed by atoms with E-state index in [2.05, 4.69) is 42.8 Å². The SMILES string of the molecule is Cc1cc(N2CCN(C)CC2)c(C)cc1N. The van der Waals surface area contributed by atoms with Crippen molar-refractivity contribution in [2.24, 2.45) is 0 Å². The van der Waals surface area contributed by atoms with Crippen molar-refractivity contribution in [2.75, 3.05) is 43.9 Å². The lowest BCUT2D eigenvalue weighted by Crippen LogP contribution is -2.44. The Morgan fingerprint density at radius 3 is 2.25 bits per heavy atom. The highest BCUT2D eigenvalue weighted by Crippen LogP contribution is 2.26. The van der Waals surface area contributed by atoms with E-state index < -0.39 is 0 Å². The molecule has 88 valence electrons. The molecule has 1 aromatic carbocycles. The number of nitrogens with two attached hydrogens (primary N) is 1. The summed E-state index contributed by atoms with van der Waals surface area (Å²) in [5, 5.41) is 0. The molecule has 1 aliphatic rings. The van der Waals surface area contributed by atoms with Crippen molar-refractivity contribution in [3.8, 4) is 0 Å². The van der Waals surface area contributed by atoms with Crippen LogP contribution in [0.3, 0.4) is 0 Å². The van der Waals surface area contributed by atoms with Crippen LogP contribution in [0.4, 0.5) is 11.4 Å². The standard InChI is InChI=1S/C13H21N3/c1-10-9-13(11(2)8-12(10)14)16-6-4-15(3)5-7-16/h8-9H,4-7,14H2,1-3H3. The number of nitrogens with zero attached hydrogens (tertiary/aromatic N) is 2. The number of benzene rings is 1. The van der Waals surface area contributed by atoms with E-state index in [1.54, 1.807) is 0 Å². The van der Waals surface area contributed by atoms with Crippen LogP contribution in [-0.4, -0.2) is 38.1 Å². The molecule has 1 saturated heterocycles. The zero-order valence-corrected chi connectivity index (χ0v) is 10.5. The van der Waals surface area contributed by atoms with E-state index in [-0.39, 0.29) is 0 Å². The Hall–Kier alpha value is -1.22. The van der Waals surface area contributed by atoms with Gasteiger partial charge in [-0.1, -0.05) is 0 Å². The van der Waals surface area contributed by atoms with Crippen LogP contribution in [0.5, 0.6) is 0 Å². The molecule has 1 aromatic rings. The fourth-order valence-electron chi connectivity index (χ4n) is 2.21. The Kier molecular flexibility index (Phi) is 3.06. The number of likely N-dealkylation sites (N-methyl/N-ethyl adjacent to an activating group) is 1. The number of hydrogen-bond donors (Lipinski definition) is 1. The maximum atomic E-state index is 5.91. The third-order valence-electron chi connectivity index (χ3n) is 3.43. The maximum Gasteiger partial charge on any atom is 0.0400 e. The van der Waals surface area contributed by atoms with Gasteiger partial charge in [-0.3, -0.25) is 0 Å². The molecule has 0 bridgehead atoms. The van der Waals surface area contributed by atoms with Gasteiger partial charge in [0.25, 0.3) is 0 Å². The van der Waals surface area contributed by atoms with E-state index in [0.29, 0.717) is 0 Å². The minimum absolute atomic E-state index is 0.898. The van der Waals surface area contributed by atoms with Crippen molar-refractivity contribution in [2.45, 2.75) is 13.8 Å². The first-order valence-electron chi connectivity index (χ1n) is 5.88. The van der Waals surface area contributed by atoms with E-state index >= 15 is 0 Å². The average molecular weight is 219 g/mol. The molecule has 1 fully saturated rings. The predicted molar refractivity (Wildman–Crippen MR) is 70.0 cm³/mol. The zero-order chi connectivity index (χ0) is 11.7. The highest BCUT2D eigenvalue weighted by molar-refractivity contribution is 5.63.